The zero-order valence-electron chi connectivity index (χ0n) is 11.4. The van der Waals surface area contributed by atoms with Crippen molar-refractivity contribution in [2.24, 2.45) is 0 Å². The van der Waals surface area contributed by atoms with Crippen molar-refractivity contribution in [3.63, 3.8) is 0 Å². The molecule has 0 aliphatic carbocycles. The van der Waals surface area contributed by atoms with E-state index in [1.54, 1.807) is 6.33 Å². The summed E-state index contributed by atoms with van der Waals surface area (Å²) in [6.07, 6.45) is 1.73. The van der Waals surface area contributed by atoms with Gasteiger partial charge in [0.2, 0.25) is 0 Å². The quantitative estimate of drug-likeness (QED) is 0.869. The number of rotatable bonds is 4. The van der Waals surface area contributed by atoms with Gasteiger partial charge in [0.25, 0.3) is 0 Å². The number of hydrogen-bond acceptors (Lipinski definition) is 3. The molecule has 0 atom stereocenters. The summed E-state index contributed by atoms with van der Waals surface area (Å²) in [7, 11) is 4.10. The number of aryl methyl sites for hydroxylation is 2. The number of imidazole rings is 1. The van der Waals surface area contributed by atoms with Gasteiger partial charge < -0.3 is 15.2 Å². The van der Waals surface area contributed by atoms with Crippen LogP contribution in [-0.4, -0.2) is 24.1 Å². The number of anilines is 2. The maximum absolute atomic E-state index is 4.28. The fourth-order valence-corrected chi connectivity index (χ4v) is 1.87. The predicted molar refractivity (Wildman–Crippen MR) is 76.2 cm³/mol. The van der Waals surface area contributed by atoms with Crippen molar-refractivity contribution in [2.45, 2.75) is 20.4 Å². The number of aromatic nitrogens is 2. The molecule has 1 aromatic heterocycles. The van der Waals surface area contributed by atoms with Crippen molar-refractivity contribution in [2.75, 3.05) is 24.3 Å². The molecule has 4 nitrogen and oxygen atoms in total. The molecule has 0 radical (unpaired) electrons. The first-order chi connectivity index (χ1) is 8.58. The minimum Gasteiger partial charge on any atom is -0.379 e. The molecule has 0 unspecified atom stereocenters. The van der Waals surface area contributed by atoms with Gasteiger partial charge in [0, 0.05) is 31.2 Å². The first-order valence-corrected chi connectivity index (χ1v) is 6.08. The Balaban J connectivity index is 2.08. The van der Waals surface area contributed by atoms with Gasteiger partial charge in [-0.15, -0.1) is 0 Å². The average Bonchev–Trinajstić information content (AvgIpc) is 2.73. The summed E-state index contributed by atoms with van der Waals surface area (Å²) in [5, 5.41) is 3.42. The third-order valence-electron chi connectivity index (χ3n) is 3.11. The number of hydrogen-bond donors (Lipinski definition) is 2. The van der Waals surface area contributed by atoms with E-state index in [0.717, 1.165) is 23.6 Å². The second-order valence-electron chi connectivity index (χ2n) is 4.72. The molecule has 18 heavy (non-hydrogen) atoms. The summed E-state index contributed by atoms with van der Waals surface area (Å²) in [5.74, 6) is 0. The largest absolute Gasteiger partial charge is 0.379 e. The van der Waals surface area contributed by atoms with E-state index in [1.807, 2.05) is 6.92 Å². The van der Waals surface area contributed by atoms with E-state index in [0.29, 0.717) is 0 Å². The van der Waals surface area contributed by atoms with Crippen molar-refractivity contribution in [1.82, 2.24) is 9.97 Å². The Bertz CT molecular complexity index is 528. The van der Waals surface area contributed by atoms with Crippen LogP contribution in [0.2, 0.25) is 0 Å². The lowest BCUT2D eigenvalue weighted by Crippen LogP contribution is -2.09. The summed E-state index contributed by atoms with van der Waals surface area (Å²) in [6, 6.07) is 6.42. The van der Waals surface area contributed by atoms with Gasteiger partial charge in [0.1, 0.15) is 0 Å². The summed E-state index contributed by atoms with van der Waals surface area (Å²) < 4.78 is 0. The molecule has 2 aromatic rings. The highest BCUT2D eigenvalue weighted by atomic mass is 15.1. The van der Waals surface area contributed by atoms with E-state index in [1.165, 1.54) is 11.3 Å². The van der Waals surface area contributed by atoms with Crippen LogP contribution in [0.4, 0.5) is 11.4 Å². The summed E-state index contributed by atoms with van der Waals surface area (Å²) >= 11 is 0. The van der Waals surface area contributed by atoms with Gasteiger partial charge >= 0.3 is 0 Å². The van der Waals surface area contributed by atoms with Gasteiger partial charge in [-0.3, -0.25) is 0 Å². The Morgan fingerprint density at radius 2 is 2.06 bits per heavy atom. The van der Waals surface area contributed by atoms with Gasteiger partial charge in [-0.2, -0.15) is 0 Å². The minimum absolute atomic E-state index is 0.748. The van der Waals surface area contributed by atoms with Crippen LogP contribution in [0.15, 0.2) is 24.5 Å². The number of benzene rings is 1. The second-order valence-corrected chi connectivity index (χ2v) is 4.72. The van der Waals surface area contributed by atoms with E-state index >= 15 is 0 Å². The van der Waals surface area contributed by atoms with Crippen molar-refractivity contribution >= 4 is 11.4 Å². The fraction of sp³-hybridized carbons (Fsp3) is 0.357. The van der Waals surface area contributed by atoms with Crippen molar-refractivity contribution in [3.05, 3.63) is 41.5 Å². The monoisotopic (exact) mass is 244 g/mol. The molecule has 0 fully saturated rings. The molecule has 96 valence electrons. The molecule has 0 amide bonds. The number of aromatic amines is 1. The molecule has 1 aromatic carbocycles. The topological polar surface area (TPSA) is 44.0 Å². The molecule has 0 saturated carbocycles. The maximum Gasteiger partial charge on any atom is 0.0925 e. The van der Waals surface area contributed by atoms with Crippen LogP contribution in [0.25, 0.3) is 0 Å². The summed E-state index contributed by atoms with van der Waals surface area (Å²) in [5.41, 5.74) is 5.79. The van der Waals surface area contributed by atoms with Crippen LogP contribution in [0.3, 0.4) is 0 Å². The zero-order valence-corrected chi connectivity index (χ0v) is 11.4. The number of nitrogens with zero attached hydrogens (tertiary/aromatic N) is 2. The molecule has 2 N–H and O–H groups in total. The molecule has 0 spiro atoms. The standard InChI is InChI=1S/C14H20N4/c1-10-7-12(18(3)4)5-6-13(10)15-8-14-11(2)16-9-17-14/h5-7,9,15H,8H2,1-4H3,(H,16,17). The molecule has 1 heterocycles. The van der Waals surface area contributed by atoms with Crippen LogP contribution < -0.4 is 10.2 Å². The van der Waals surface area contributed by atoms with Crippen LogP contribution in [0, 0.1) is 13.8 Å². The van der Waals surface area contributed by atoms with E-state index in [-0.39, 0.29) is 0 Å². The average molecular weight is 244 g/mol. The van der Waals surface area contributed by atoms with E-state index in [2.05, 4.69) is 59.4 Å². The smallest absolute Gasteiger partial charge is 0.0925 e. The first-order valence-electron chi connectivity index (χ1n) is 6.08. The van der Waals surface area contributed by atoms with Crippen LogP contribution in [-0.2, 0) is 6.54 Å². The minimum atomic E-state index is 0.748. The first kappa shape index (κ1) is 12.5. The third kappa shape index (κ3) is 2.64. The summed E-state index contributed by atoms with van der Waals surface area (Å²) in [4.78, 5) is 9.47. The van der Waals surface area contributed by atoms with E-state index in [9.17, 15) is 0 Å². The molecular weight excluding hydrogens is 224 g/mol. The van der Waals surface area contributed by atoms with Crippen LogP contribution in [0.5, 0.6) is 0 Å². The SMILES string of the molecule is Cc1cc(N(C)C)ccc1NCc1nc[nH]c1C. The zero-order chi connectivity index (χ0) is 13.1. The lowest BCUT2D eigenvalue weighted by molar-refractivity contribution is 1.04. The van der Waals surface area contributed by atoms with Crippen molar-refractivity contribution < 1.29 is 0 Å². The molecule has 0 bridgehead atoms. The maximum atomic E-state index is 4.28. The van der Waals surface area contributed by atoms with Crippen LogP contribution >= 0.6 is 0 Å². The van der Waals surface area contributed by atoms with Gasteiger partial charge in [0.05, 0.1) is 18.6 Å². The second kappa shape index (κ2) is 5.12. The molecular formula is C14H20N4. The molecule has 0 aliphatic rings. The van der Waals surface area contributed by atoms with Crippen molar-refractivity contribution in [1.29, 1.82) is 0 Å². The van der Waals surface area contributed by atoms with E-state index in [4.69, 9.17) is 0 Å². The Kier molecular flexibility index (Phi) is 3.55. The summed E-state index contributed by atoms with van der Waals surface area (Å²) in [6.45, 7) is 4.90. The molecule has 2 rings (SSSR count). The van der Waals surface area contributed by atoms with Crippen molar-refractivity contribution in [3.8, 4) is 0 Å². The fourth-order valence-electron chi connectivity index (χ4n) is 1.87. The number of nitrogens with one attached hydrogen (secondary N) is 2. The Morgan fingerprint density at radius 1 is 1.28 bits per heavy atom. The highest BCUT2D eigenvalue weighted by molar-refractivity contribution is 5.59. The molecule has 4 heteroatoms. The normalized spacial score (nSPS) is 10.4. The Morgan fingerprint density at radius 3 is 2.61 bits per heavy atom. The van der Waals surface area contributed by atoms with Gasteiger partial charge in [-0.1, -0.05) is 0 Å². The predicted octanol–water partition coefficient (Wildman–Crippen LogP) is 2.70. The van der Waals surface area contributed by atoms with Gasteiger partial charge in [-0.25, -0.2) is 4.98 Å². The Hall–Kier alpha value is -1.97. The third-order valence-corrected chi connectivity index (χ3v) is 3.11. The molecule has 0 aliphatic heterocycles. The number of H-pyrrole nitrogens is 1. The van der Waals surface area contributed by atoms with E-state index < -0.39 is 0 Å². The van der Waals surface area contributed by atoms with Gasteiger partial charge in [-0.05, 0) is 37.6 Å². The lowest BCUT2D eigenvalue weighted by atomic mass is 10.1. The Labute approximate surface area is 108 Å². The lowest BCUT2D eigenvalue weighted by Gasteiger charge is -2.15. The molecule has 0 saturated heterocycles. The van der Waals surface area contributed by atoms with Crippen LogP contribution in [0.1, 0.15) is 17.0 Å². The highest BCUT2D eigenvalue weighted by Gasteiger charge is 2.04. The highest BCUT2D eigenvalue weighted by Crippen LogP contribution is 2.21. The van der Waals surface area contributed by atoms with Gasteiger partial charge in [0.15, 0.2) is 0 Å².